The molecule has 1 aromatic heterocycles. The van der Waals surface area contributed by atoms with E-state index < -0.39 is 0 Å². The van der Waals surface area contributed by atoms with Crippen molar-refractivity contribution in [2.75, 3.05) is 0 Å². The van der Waals surface area contributed by atoms with Crippen molar-refractivity contribution in [1.82, 2.24) is 0 Å². The van der Waals surface area contributed by atoms with Gasteiger partial charge in [0.1, 0.15) is 0 Å². The van der Waals surface area contributed by atoms with Crippen LogP contribution in [-0.4, -0.2) is 0 Å². The summed E-state index contributed by atoms with van der Waals surface area (Å²) in [6.07, 6.45) is 0. The van der Waals surface area contributed by atoms with Gasteiger partial charge in [-0.3, -0.25) is 0 Å². The van der Waals surface area contributed by atoms with E-state index in [1.54, 1.807) is 11.3 Å². The monoisotopic (exact) mass is 316 g/mol. The molecule has 0 aliphatic heterocycles. The highest BCUT2D eigenvalue weighted by Crippen LogP contribution is 2.29. The molecule has 0 radical (unpaired) electrons. The van der Waals surface area contributed by atoms with Crippen molar-refractivity contribution >= 4 is 43.2 Å². The summed E-state index contributed by atoms with van der Waals surface area (Å²) < 4.78 is 2.29. The van der Waals surface area contributed by atoms with Crippen LogP contribution in [0, 0.1) is 0 Å². The van der Waals surface area contributed by atoms with Crippen LogP contribution in [0.25, 0.3) is 11.1 Å². The SMILES string of the molecule is Brc1ccc(-c2csc(Br)c2)cc1. The predicted molar refractivity (Wildman–Crippen MR) is 65.2 cm³/mol. The number of benzene rings is 1. The fourth-order valence-corrected chi connectivity index (χ4v) is 2.53. The van der Waals surface area contributed by atoms with Gasteiger partial charge in [-0.05, 0) is 50.6 Å². The zero-order valence-corrected chi connectivity index (χ0v) is 10.6. The fraction of sp³-hybridized carbons (Fsp3) is 0. The van der Waals surface area contributed by atoms with Gasteiger partial charge >= 0.3 is 0 Å². The average Bonchev–Trinajstić information content (AvgIpc) is 2.53. The van der Waals surface area contributed by atoms with Gasteiger partial charge in [-0.25, -0.2) is 0 Å². The molecule has 1 aromatic carbocycles. The molecule has 0 saturated heterocycles. The molecule has 2 aromatic rings. The van der Waals surface area contributed by atoms with E-state index in [1.165, 1.54) is 14.9 Å². The summed E-state index contributed by atoms with van der Waals surface area (Å²) in [5.74, 6) is 0. The molecule has 13 heavy (non-hydrogen) atoms. The van der Waals surface area contributed by atoms with Crippen LogP contribution in [0.15, 0.2) is 44.0 Å². The Bertz CT molecular complexity index is 403. The van der Waals surface area contributed by atoms with Gasteiger partial charge < -0.3 is 0 Å². The lowest BCUT2D eigenvalue weighted by Crippen LogP contribution is -1.71. The molecule has 0 aliphatic rings. The highest BCUT2D eigenvalue weighted by Gasteiger charge is 1.99. The third kappa shape index (κ3) is 2.22. The fourth-order valence-electron chi connectivity index (χ4n) is 1.10. The van der Waals surface area contributed by atoms with Crippen molar-refractivity contribution < 1.29 is 0 Å². The van der Waals surface area contributed by atoms with Gasteiger partial charge in [0, 0.05) is 4.47 Å². The second-order valence-electron chi connectivity index (χ2n) is 2.65. The summed E-state index contributed by atoms with van der Waals surface area (Å²) >= 11 is 8.58. The first-order chi connectivity index (χ1) is 6.25. The van der Waals surface area contributed by atoms with Crippen LogP contribution in [0.5, 0.6) is 0 Å². The molecule has 0 saturated carbocycles. The Labute approximate surface area is 97.9 Å². The average molecular weight is 318 g/mol. The maximum absolute atomic E-state index is 3.45. The van der Waals surface area contributed by atoms with Gasteiger partial charge in [0.15, 0.2) is 0 Å². The van der Waals surface area contributed by atoms with Gasteiger partial charge in [0.05, 0.1) is 3.79 Å². The zero-order chi connectivity index (χ0) is 9.26. The Morgan fingerprint density at radius 3 is 2.15 bits per heavy atom. The van der Waals surface area contributed by atoms with Gasteiger partial charge in [0.25, 0.3) is 0 Å². The van der Waals surface area contributed by atoms with Gasteiger partial charge in [0.2, 0.25) is 0 Å². The minimum absolute atomic E-state index is 1.12. The summed E-state index contributed by atoms with van der Waals surface area (Å²) in [5.41, 5.74) is 2.52. The molecular weight excluding hydrogens is 312 g/mol. The number of hydrogen-bond donors (Lipinski definition) is 0. The quantitative estimate of drug-likeness (QED) is 0.699. The van der Waals surface area contributed by atoms with Crippen molar-refractivity contribution in [1.29, 1.82) is 0 Å². The summed E-state index contributed by atoms with van der Waals surface area (Å²) in [5, 5.41) is 2.15. The minimum atomic E-state index is 1.12. The van der Waals surface area contributed by atoms with Crippen molar-refractivity contribution in [2.45, 2.75) is 0 Å². The van der Waals surface area contributed by atoms with Crippen LogP contribution in [-0.2, 0) is 0 Å². The van der Waals surface area contributed by atoms with Crippen LogP contribution in [0.3, 0.4) is 0 Å². The van der Waals surface area contributed by atoms with Crippen molar-refractivity contribution in [3.8, 4) is 11.1 Å². The maximum Gasteiger partial charge on any atom is 0.0704 e. The van der Waals surface area contributed by atoms with Crippen LogP contribution in [0.1, 0.15) is 0 Å². The zero-order valence-electron chi connectivity index (χ0n) is 6.63. The topological polar surface area (TPSA) is 0 Å². The highest BCUT2D eigenvalue weighted by molar-refractivity contribution is 9.11. The van der Waals surface area contributed by atoms with E-state index in [1.807, 2.05) is 0 Å². The maximum atomic E-state index is 3.45. The summed E-state index contributed by atoms with van der Waals surface area (Å²) in [6.45, 7) is 0. The molecule has 0 bridgehead atoms. The summed E-state index contributed by atoms with van der Waals surface area (Å²) in [6, 6.07) is 10.5. The Balaban J connectivity index is 2.41. The van der Waals surface area contributed by atoms with Crippen molar-refractivity contribution in [3.05, 3.63) is 44.0 Å². The molecule has 66 valence electrons. The smallest absolute Gasteiger partial charge is 0.0704 e. The lowest BCUT2D eigenvalue weighted by molar-refractivity contribution is 1.63. The molecule has 0 fully saturated rings. The van der Waals surface area contributed by atoms with Gasteiger partial charge in [-0.2, -0.15) is 0 Å². The molecule has 0 unspecified atom stereocenters. The van der Waals surface area contributed by atoms with E-state index in [-0.39, 0.29) is 0 Å². The van der Waals surface area contributed by atoms with E-state index in [0.717, 1.165) is 4.47 Å². The third-order valence-corrected chi connectivity index (χ3v) is 3.78. The number of rotatable bonds is 1. The second kappa shape index (κ2) is 3.95. The molecular formula is C10H6Br2S. The molecule has 0 amide bonds. The van der Waals surface area contributed by atoms with Gasteiger partial charge in [-0.1, -0.05) is 28.1 Å². The Morgan fingerprint density at radius 2 is 1.62 bits per heavy atom. The second-order valence-corrected chi connectivity index (χ2v) is 5.85. The van der Waals surface area contributed by atoms with Crippen molar-refractivity contribution in [2.24, 2.45) is 0 Å². The molecule has 3 heteroatoms. The number of halogens is 2. The van der Waals surface area contributed by atoms with Crippen LogP contribution < -0.4 is 0 Å². The first kappa shape index (κ1) is 9.44. The first-order valence-electron chi connectivity index (χ1n) is 3.76. The van der Waals surface area contributed by atoms with E-state index in [4.69, 9.17) is 0 Å². The first-order valence-corrected chi connectivity index (χ1v) is 6.22. The molecule has 0 nitrogen and oxygen atoms in total. The highest BCUT2D eigenvalue weighted by atomic mass is 79.9. The minimum Gasteiger partial charge on any atom is -0.136 e. The molecule has 2 rings (SSSR count). The third-order valence-electron chi connectivity index (χ3n) is 1.75. The molecule has 0 N–H and O–H groups in total. The Hall–Kier alpha value is -0.120. The lowest BCUT2D eigenvalue weighted by Gasteiger charge is -1.96. The lowest BCUT2D eigenvalue weighted by atomic mass is 10.1. The number of hydrogen-bond acceptors (Lipinski definition) is 1. The van der Waals surface area contributed by atoms with E-state index >= 15 is 0 Å². The molecule has 0 aliphatic carbocycles. The normalized spacial score (nSPS) is 10.3. The van der Waals surface area contributed by atoms with Crippen LogP contribution in [0.2, 0.25) is 0 Å². The van der Waals surface area contributed by atoms with E-state index in [0.29, 0.717) is 0 Å². The van der Waals surface area contributed by atoms with E-state index in [9.17, 15) is 0 Å². The van der Waals surface area contributed by atoms with Gasteiger partial charge in [-0.15, -0.1) is 11.3 Å². The van der Waals surface area contributed by atoms with Crippen LogP contribution >= 0.6 is 43.2 Å². The molecule has 1 heterocycles. The summed E-state index contributed by atoms with van der Waals surface area (Å²) in [7, 11) is 0. The Kier molecular flexibility index (Phi) is 2.86. The van der Waals surface area contributed by atoms with Crippen molar-refractivity contribution in [3.63, 3.8) is 0 Å². The standard InChI is InChI=1S/C10H6Br2S/c11-9-3-1-7(2-4-9)8-5-10(12)13-6-8/h1-6H. The molecule has 0 spiro atoms. The largest absolute Gasteiger partial charge is 0.136 e. The van der Waals surface area contributed by atoms with E-state index in [2.05, 4.69) is 67.6 Å². The Morgan fingerprint density at radius 1 is 0.923 bits per heavy atom. The molecule has 0 atom stereocenters. The predicted octanol–water partition coefficient (Wildman–Crippen LogP) is 4.94. The number of thiophene rings is 1. The summed E-state index contributed by atoms with van der Waals surface area (Å²) in [4.78, 5) is 0. The van der Waals surface area contributed by atoms with Crippen LogP contribution in [0.4, 0.5) is 0 Å².